The number of aromatic nitrogens is 5. The third-order valence-electron chi connectivity index (χ3n) is 4.11. The smallest absolute Gasteiger partial charge is 0.233 e. The maximum absolute atomic E-state index is 4.56. The highest BCUT2D eigenvalue weighted by Gasteiger charge is 2.21. The highest BCUT2D eigenvalue weighted by molar-refractivity contribution is 7.98. The summed E-state index contributed by atoms with van der Waals surface area (Å²) < 4.78 is 1.95. The van der Waals surface area contributed by atoms with E-state index in [-0.39, 0.29) is 0 Å². The number of imidazole rings is 1. The van der Waals surface area contributed by atoms with Gasteiger partial charge in [0, 0.05) is 34.6 Å². The number of hydrogen-bond acceptors (Lipinski definition) is 6. The number of aryl methyl sites for hydroxylation is 2. The van der Waals surface area contributed by atoms with Gasteiger partial charge >= 0.3 is 0 Å². The van der Waals surface area contributed by atoms with Crippen molar-refractivity contribution in [1.29, 1.82) is 0 Å². The summed E-state index contributed by atoms with van der Waals surface area (Å²) in [5.74, 6) is 1.53. The molecule has 0 aliphatic heterocycles. The Hall–Kier alpha value is -1.99. The van der Waals surface area contributed by atoms with Crippen molar-refractivity contribution in [1.82, 2.24) is 24.3 Å². The minimum Gasteiger partial charge on any atom is -0.291 e. The lowest BCUT2D eigenvalue weighted by Crippen LogP contribution is -1.88. The van der Waals surface area contributed by atoms with Crippen molar-refractivity contribution >= 4 is 39.1 Å². The summed E-state index contributed by atoms with van der Waals surface area (Å²) in [4.78, 5) is 20.4. The SMILES string of the molecule is c1cnc2nc(CSc3ncnc4sc5c(c34)CCC5)cn2c1. The molecule has 1 aliphatic rings. The molecule has 0 saturated carbocycles. The first kappa shape index (κ1) is 13.4. The topological polar surface area (TPSA) is 56.0 Å². The summed E-state index contributed by atoms with van der Waals surface area (Å²) in [5.41, 5.74) is 2.50. The van der Waals surface area contributed by atoms with Crippen LogP contribution in [0.4, 0.5) is 0 Å². The quantitative estimate of drug-likeness (QED) is 0.422. The van der Waals surface area contributed by atoms with Crippen molar-refractivity contribution in [3.63, 3.8) is 0 Å². The molecule has 0 radical (unpaired) electrons. The molecule has 23 heavy (non-hydrogen) atoms. The number of hydrogen-bond donors (Lipinski definition) is 0. The maximum atomic E-state index is 4.56. The third-order valence-corrected chi connectivity index (χ3v) is 6.33. The van der Waals surface area contributed by atoms with Gasteiger partial charge in [-0.1, -0.05) is 11.8 Å². The van der Waals surface area contributed by atoms with Crippen molar-refractivity contribution in [2.45, 2.75) is 30.0 Å². The van der Waals surface area contributed by atoms with Crippen LogP contribution in [0.15, 0.2) is 36.0 Å². The molecule has 0 N–H and O–H groups in total. The van der Waals surface area contributed by atoms with Gasteiger partial charge in [-0.3, -0.25) is 4.40 Å². The number of thioether (sulfide) groups is 1. The number of rotatable bonds is 3. The van der Waals surface area contributed by atoms with Gasteiger partial charge in [-0.25, -0.2) is 19.9 Å². The Labute approximate surface area is 140 Å². The van der Waals surface area contributed by atoms with Gasteiger partial charge in [-0.05, 0) is 30.9 Å². The Bertz CT molecular complexity index is 987. The second kappa shape index (κ2) is 5.28. The van der Waals surface area contributed by atoms with Gasteiger partial charge in [-0.15, -0.1) is 11.3 Å². The van der Waals surface area contributed by atoms with Crippen LogP contribution in [-0.4, -0.2) is 24.3 Å². The molecule has 0 spiro atoms. The molecule has 0 aromatic carbocycles. The molecule has 4 aromatic heterocycles. The molecular formula is C16H13N5S2. The Morgan fingerprint density at radius 2 is 2.22 bits per heavy atom. The molecule has 5 rings (SSSR count). The monoisotopic (exact) mass is 339 g/mol. The van der Waals surface area contributed by atoms with Gasteiger partial charge in [0.25, 0.3) is 0 Å². The van der Waals surface area contributed by atoms with Crippen molar-refractivity contribution in [3.05, 3.63) is 47.1 Å². The zero-order valence-corrected chi connectivity index (χ0v) is 13.9. The molecule has 0 amide bonds. The van der Waals surface area contributed by atoms with E-state index in [1.165, 1.54) is 28.7 Å². The fourth-order valence-corrected chi connectivity index (χ4v) is 5.30. The number of nitrogens with zero attached hydrogens (tertiary/aromatic N) is 5. The first-order valence-corrected chi connectivity index (χ1v) is 9.35. The second-order valence-electron chi connectivity index (χ2n) is 5.56. The first-order chi connectivity index (χ1) is 11.4. The average Bonchev–Trinajstić information content (AvgIpc) is 3.25. The van der Waals surface area contributed by atoms with Crippen LogP contribution in [0, 0.1) is 0 Å². The molecular weight excluding hydrogens is 326 g/mol. The van der Waals surface area contributed by atoms with Crippen LogP contribution in [0.25, 0.3) is 16.0 Å². The van der Waals surface area contributed by atoms with Gasteiger partial charge in [0.15, 0.2) is 0 Å². The molecule has 0 fully saturated rings. The highest BCUT2D eigenvalue weighted by Crippen LogP contribution is 2.40. The summed E-state index contributed by atoms with van der Waals surface area (Å²) in [6.07, 6.45) is 11.1. The zero-order valence-electron chi connectivity index (χ0n) is 12.3. The lowest BCUT2D eigenvalue weighted by molar-refractivity contribution is 0.915. The Morgan fingerprint density at radius 1 is 1.22 bits per heavy atom. The zero-order chi connectivity index (χ0) is 15.2. The first-order valence-electron chi connectivity index (χ1n) is 7.55. The minimum absolute atomic E-state index is 0.743. The third kappa shape index (κ3) is 2.22. The molecule has 1 aliphatic carbocycles. The van der Waals surface area contributed by atoms with E-state index >= 15 is 0 Å². The fourth-order valence-electron chi connectivity index (χ4n) is 3.10. The van der Waals surface area contributed by atoms with Crippen LogP contribution in [0.3, 0.4) is 0 Å². The van der Waals surface area contributed by atoms with Crippen LogP contribution in [-0.2, 0) is 18.6 Å². The minimum atomic E-state index is 0.743. The second-order valence-corrected chi connectivity index (χ2v) is 7.61. The summed E-state index contributed by atoms with van der Waals surface area (Å²) in [6.45, 7) is 0. The van der Waals surface area contributed by atoms with Gasteiger partial charge < -0.3 is 0 Å². The Kier molecular flexibility index (Phi) is 3.09. The van der Waals surface area contributed by atoms with E-state index in [2.05, 4.69) is 19.9 Å². The van der Waals surface area contributed by atoms with Crippen molar-refractivity contribution in [2.24, 2.45) is 0 Å². The molecule has 5 nitrogen and oxygen atoms in total. The molecule has 0 atom stereocenters. The summed E-state index contributed by atoms with van der Waals surface area (Å²) >= 11 is 3.57. The van der Waals surface area contributed by atoms with Crippen LogP contribution < -0.4 is 0 Å². The standard InChI is InChI=1S/C16H13N5S2/c1-3-11-12(4-1)23-15-13(11)14(18-9-19-15)22-8-10-7-21-6-2-5-17-16(21)20-10/h2,5-7,9H,1,3-4,8H2. The predicted octanol–water partition coefficient (Wildman–Crippen LogP) is 3.52. The van der Waals surface area contributed by atoms with Gasteiger partial charge in [0.2, 0.25) is 5.78 Å². The van der Waals surface area contributed by atoms with E-state index in [0.29, 0.717) is 0 Å². The van der Waals surface area contributed by atoms with Crippen molar-refractivity contribution in [3.8, 4) is 0 Å². The number of thiophene rings is 1. The van der Waals surface area contributed by atoms with Crippen LogP contribution in [0.1, 0.15) is 22.6 Å². The highest BCUT2D eigenvalue weighted by atomic mass is 32.2. The van der Waals surface area contributed by atoms with E-state index in [1.54, 1.807) is 24.3 Å². The lowest BCUT2D eigenvalue weighted by atomic mass is 10.2. The summed E-state index contributed by atoms with van der Waals surface area (Å²) in [6, 6.07) is 1.91. The normalized spacial score (nSPS) is 13.9. The van der Waals surface area contributed by atoms with Gasteiger partial charge in [0.05, 0.1) is 5.69 Å². The van der Waals surface area contributed by atoms with E-state index in [0.717, 1.165) is 33.5 Å². The lowest BCUT2D eigenvalue weighted by Gasteiger charge is -2.02. The molecule has 114 valence electrons. The molecule has 0 unspecified atom stereocenters. The van der Waals surface area contributed by atoms with Crippen LogP contribution in [0.2, 0.25) is 0 Å². The molecule has 4 aromatic rings. The largest absolute Gasteiger partial charge is 0.291 e. The van der Waals surface area contributed by atoms with Gasteiger partial charge in [-0.2, -0.15) is 0 Å². The summed E-state index contributed by atoms with van der Waals surface area (Å²) in [5, 5.41) is 2.36. The van der Waals surface area contributed by atoms with E-state index in [4.69, 9.17) is 0 Å². The van der Waals surface area contributed by atoms with E-state index in [9.17, 15) is 0 Å². The Morgan fingerprint density at radius 3 is 3.17 bits per heavy atom. The van der Waals surface area contributed by atoms with Crippen LogP contribution >= 0.6 is 23.1 Å². The summed E-state index contributed by atoms with van der Waals surface area (Å²) in [7, 11) is 0. The number of fused-ring (bicyclic) bond motifs is 4. The Balaban J connectivity index is 1.49. The maximum Gasteiger partial charge on any atom is 0.233 e. The van der Waals surface area contributed by atoms with Crippen LogP contribution in [0.5, 0.6) is 0 Å². The molecule has 4 heterocycles. The predicted molar refractivity (Wildman–Crippen MR) is 92.0 cm³/mol. The van der Waals surface area contributed by atoms with Crippen molar-refractivity contribution < 1.29 is 0 Å². The molecule has 0 bridgehead atoms. The molecule has 0 saturated heterocycles. The fraction of sp³-hybridized carbons (Fsp3) is 0.250. The average molecular weight is 339 g/mol. The van der Waals surface area contributed by atoms with Crippen molar-refractivity contribution in [2.75, 3.05) is 0 Å². The molecule has 7 heteroatoms. The van der Waals surface area contributed by atoms with E-state index < -0.39 is 0 Å². The van der Waals surface area contributed by atoms with E-state index in [1.807, 2.05) is 34.2 Å². The van der Waals surface area contributed by atoms with Gasteiger partial charge in [0.1, 0.15) is 16.2 Å².